The van der Waals surface area contributed by atoms with Crippen molar-refractivity contribution < 1.29 is 24.9 Å². The lowest BCUT2D eigenvalue weighted by molar-refractivity contribution is -0.132. The minimum absolute atomic E-state index is 0.0125. The smallest absolute Gasteiger partial charge is 0.252 e. The van der Waals surface area contributed by atoms with Gasteiger partial charge in [0.15, 0.2) is 5.78 Å². The number of primary amides is 1. The van der Waals surface area contributed by atoms with Crippen LogP contribution in [0.3, 0.4) is 0 Å². The number of carbonyl (C=O) groups excluding carboxylic acids is 2. The SMILES string of the molecule is CCC(CC)C(NCCN1[C@@H]2CC[C@H]1C[C@@H](c1cccc(C(N)=O)c1O)C2)C(=O)[C@@H](O)CO. The number of amides is 1. The van der Waals surface area contributed by atoms with Gasteiger partial charge in [-0.25, -0.2) is 0 Å². The first kappa shape index (κ1) is 25.6. The molecule has 8 heteroatoms. The van der Waals surface area contributed by atoms with E-state index < -0.39 is 24.7 Å². The van der Waals surface area contributed by atoms with Gasteiger partial charge in [-0.05, 0) is 49.1 Å². The summed E-state index contributed by atoms with van der Waals surface area (Å²) < 4.78 is 0. The van der Waals surface area contributed by atoms with E-state index in [0.29, 0.717) is 18.6 Å². The molecule has 2 bridgehead atoms. The van der Waals surface area contributed by atoms with Gasteiger partial charge in [0.05, 0.1) is 18.2 Å². The van der Waals surface area contributed by atoms with Gasteiger partial charge in [0, 0.05) is 25.2 Å². The van der Waals surface area contributed by atoms with Gasteiger partial charge < -0.3 is 26.4 Å². The van der Waals surface area contributed by atoms with E-state index in [1.54, 1.807) is 12.1 Å². The lowest BCUT2D eigenvalue weighted by Gasteiger charge is -2.40. The van der Waals surface area contributed by atoms with E-state index in [9.17, 15) is 24.9 Å². The molecule has 1 amide bonds. The van der Waals surface area contributed by atoms with Gasteiger partial charge in [-0.15, -0.1) is 0 Å². The molecule has 2 fully saturated rings. The van der Waals surface area contributed by atoms with Gasteiger partial charge in [-0.3, -0.25) is 14.5 Å². The Kier molecular flexibility index (Phi) is 8.87. The third-order valence-electron chi connectivity index (χ3n) is 7.72. The van der Waals surface area contributed by atoms with Crippen LogP contribution < -0.4 is 11.1 Å². The molecule has 33 heavy (non-hydrogen) atoms. The lowest BCUT2D eigenvalue weighted by Crippen LogP contribution is -2.51. The molecule has 5 atom stereocenters. The number of Topliss-reactive ketones (excluding diaryl/α,β-unsaturated/α-hetero) is 1. The van der Waals surface area contributed by atoms with Crippen molar-refractivity contribution in [1.29, 1.82) is 0 Å². The normalized spacial score (nSPS) is 24.7. The predicted molar refractivity (Wildman–Crippen MR) is 126 cm³/mol. The Bertz CT molecular complexity index is 814. The molecular weight excluding hydrogens is 422 g/mol. The predicted octanol–water partition coefficient (Wildman–Crippen LogP) is 1.52. The van der Waals surface area contributed by atoms with Gasteiger partial charge in [0.1, 0.15) is 11.9 Å². The Labute approximate surface area is 196 Å². The van der Waals surface area contributed by atoms with E-state index >= 15 is 0 Å². The van der Waals surface area contributed by atoms with E-state index in [-0.39, 0.29) is 28.9 Å². The van der Waals surface area contributed by atoms with Crippen LogP contribution in [0.1, 0.15) is 74.2 Å². The summed E-state index contributed by atoms with van der Waals surface area (Å²) in [6.45, 7) is 4.95. The first-order valence-corrected chi connectivity index (χ1v) is 12.3. The second-order valence-electron chi connectivity index (χ2n) is 9.51. The van der Waals surface area contributed by atoms with Crippen molar-refractivity contribution >= 4 is 11.7 Å². The molecule has 8 nitrogen and oxygen atoms in total. The highest BCUT2D eigenvalue weighted by atomic mass is 16.3. The quantitative estimate of drug-likeness (QED) is 0.318. The van der Waals surface area contributed by atoms with Crippen LogP contribution in [0.2, 0.25) is 0 Å². The molecule has 2 aliphatic heterocycles. The molecule has 1 unspecified atom stereocenters. The molecule has 0 aliphatic carbocycles. The summed E-state index contributed by atoms with van der Waals surface area (Å²) in [6.07, 6.45) is 4.30. The zero-order chi connectivity index (χ0) is 24.1. The molecule has 1 aromatic carbocycles. The Balaban J connectivity index is 1.63. The van der Waals surface area contributed by atoms with Crippen molar-refractivity contribution in [2.75, 3.05) is 19.7 Å². The molecule has 3 rings (SSSR count). The summed E-state index contributed by atoms with van der Waals surface area (Å²) in [6, 6.07) is 5.53. The molecule has 2 saturated heterocycles. The van der Waals surface area contributed by atoms with Crippen LogP contribution in [0.5, 0.6) is 5.75 Å². The average molecular weight is 462 g/mol. The second-order valence-corrected chi connectivity index (χ2v) is 9.51. The third kappa shape index (κ3) is 5.57. The van der Waals surface area contributed by atoms with E-state index in [2.05, 4.69) is 10.2 Å². The molecule has 184 valence electrons. The number of hydrogen-bond acceptors (Lipinski definition) is 7. The zero-order valence-corrected chi connectivity index (χ0v) is 19.7. The molecule has 0 spiro atoms. The van der Waals surface area contributed by atoms with Crippen molar-refractivity contribution in [3.63, 3.8) is 0 Å². The minimum Gasteiger partial charge on any atom is -0.507 e. The summed E-state index contributed by atoms with van der Waals surface area (Å²) in [5.74, 6) is -0.642. The average Bonchev–Trinajstić information content (AvgIpc) is 3.04. The standard InChI is InChI=1S/C25H39N3O5/c1-3-15(4-2)22(24(32)21(30)14-29)27-10-11-28-17-8-9-18(28)13-16(12-17)19-6-5-7-20(23(19)31)25(26)33/h5-7,15-18,21-22,27,29-31H,3-4,8-14H2,1-2H3,(H2,26,33)/t16-,17+,18-,21-,22?/m0/s1. The van der Waals surface area contributed by atoms with Crippen molar-refractivity contribution in [3.8, 4) is 5.75 Å². The van der Waals surface area contributed by atoms with E-state index in [0.717, 1.165) is 50.6 Å². The monoisotopic (exact) mass is 461 g/mol. The fraction of sp³-hybridized carbons (Fsp3) is 0.680. The van der Waals surface area contributed by atoms with Gasteiger partial charge in [-0.1, -0.05) is 38.8 Å². The molecule has 0 saturated carbocycles. The summed E-state index contributed by atoms with van der Waals surface area (Å²) in [5.41, 5.74) is 6.38. The van der Waals surface area contributed by atoms with Crippen LogP contribution in [0, 0.1) is 5.92 Å². The number of nitrogens with two attached hydrogens (primary N) is 1. The number of nitrogens with zero attached hydrogens (tertiary/aromatic N) is 1. The number of nitrogens with one attached hydrogen (secondary N) is 1. The highest BCUT2D eigenvalue weighted by Gasteiger charge is 2.41. The molecular formula is C25H39N3O5. The highest BCUT2D eigenvalue weighted by molar-refractivity contribution is 5.96. The number of aliphatic hydroxyl groups excluding tert-OH is 2. The number of rotatable bonds is 12. The Hall–Kier alpha value is -2.00. The second kappa shape index (κ2) is 11.4. The Morgan fingerprint density at radius 2 is 1.82 bits per heavy atom. The number of aliphatic hydroxyl groups is 2. The number of phenols is 1. The largest absolute Gasteiger partial charge is 0.507 e. The topological polar surface area (TPSA) is 136 Å². The highest BCUT2D eigenvalue weighted by Crippen LogP contribution is 2.45. The number of piperidine rings is 1. The van der Waals surface area contributed by atoms with Crippen molar-refractivity contribution in [2.24, 2.45) is 11.7 Å². The van der Waals surface area contributed by atoms with Gasteiger partial charge in [0.2, 0.25) is 0 Å². The number of hydrogen-bond donors (Lipinski definition) is 5. The van der Waals surface area contributed by atoms with Crippen LogP contribution in [-0.4, -0.2) is 75.8 Å². The molecule has 2 aliphatic rings. The molecule has 0 aromatic heterocycles. The van der Waals surface area contributed by atoms with Crippen LogP contribution >= 0.6 is 0 Å². The lowest BCUT2D eigenvalue weighted by atomic mass is 9.83. The van der Waals surface area contributed by atoms with E-state index in [4.69, 9.17) is 5.73 Å². The molecule has 0 radical (unpaired) electrons. The first-order chi connectivity index (χ1) is 15.8. The van der Waals surface area contributed by atoms with Crippen molar-refractivity contribution in [3.05, 3.63) is 29.3 Å². The molecule has 1 aromatic rings. The number of carbonyl (C=O) groups is 2. The van der Waals surface area contributed by atoms with Crippen molar-refractivity contribution in [2.45, 2.75) is 82.5 Å². The molecule has 2 heterocycles. The zero-order valence-electron chi connectivity index (χ0n) is 19.7. The maximum Gasteiger partial charge on any atom is 0.252 e. The van der Waals surface area contributed by atoms with E-state index in [1.165, 1.54) is 0 Å². The van der Waals surface area contributed by atoms with Crippen molar-refractivity contribution in [1.82, 2.24) is 10.2 Å². The van der Waals surface area contributed by atoms with Crippen LogP contribution in [0.25, 0.3) is 0 Å². The van der Waals surface area contributed by atoms with Crippen LogP contribution in [0.4, 0.5) is 0 Å². The molecule has 6 N–H and O–H groups in total. The number of fused-ring (bicyclic) bond motifs is 2. The summed E-state index contributed by atoms with van der Waals surface area (Å²) >= 11 is 0. The number of para-hydroxylation sites is 1. The van der Waals surface area contributed by atoms with Gasteiger partial charge in [-0.2, -0.15) is 0 Å². The third-order valence-corrected chi connectivity index (χ3v) is 7.72. The maximum absolute atomic E-state index is 12.6. The number of benzene rings is 1. The first-order valence-electron chi connectivity index (χ1n) is 12.3. The Morgan fingerprint density at radius 3 is 2.36 bits per heavy atom. The van der Waals surface area contributed by atoms with E-state index in [1.807, 2.05) is 19.9 Å². The van der Waals surface area contributed by atoms with Crippen LogP contribution in [0.15, 0.2) is 18.2 Å². The fourth-order valence-electron chi connectivity index (χ4n) is 5.89. The maximum atomic E-state index is 12.6. The fourth-order valence-corrected chi connectivity index (χ4v) is 5.89. The Morgan fingerprint density at radius 1 is 1.18 bits per heavy atom. The summed E-state index contributed by atoms with van der Waals surface area (Å²) in [4.78, 5) is 26.7. The number of ketones is 1. The van der Waals surface area contributed by atoms with Crippen LogP contribution in [-0.2, 0) is 4.79 Å². The number of aromatic hydroxyl groups is 1. The minimum atomic E-state index is -1.35. The van der Waals surface area contributed by atoms with Gasteiger partial charge in [0.25, 0.3) is 5.91 Å². The summed E-state index contributed by atoms with van der Waals surface area (Å²) in [5, 5.41) is 33.1. The van der Waals surface area contributed by atoms with Gasteiger partial charge >= 0.3 is 0 Å². The summed E-state index contributed by atoms with van der Waals surface area (Å²) in [7, 11) is 0.